The molecule has 0 bridgehead atoms. The lowest BCUT2D eigenvalue weighted by Gasteiger charge is -2.31. The van der Waals surface area contributed by atoms with Gasteiger partial charge in [0, 0.05) is 19.2 Å². The summed E-state index contributed by atoms with van der Waals surface area (Å²) < 4.78 is 0. The van der Waals surface area contributed by atoms with Crippen molar-refractivity contribution in [3.63, 3.8) is 0 Å². The Hall–Kier alpha value is -1.91. The Labute approximate surface area is 107 Å². The molecule has 2 amide bonds. The van der Waals surface area contributed by atoms with Gasteiger partial charge in [-0.3, -0.25) is 0 Å². The van der Waals surface area contributed by atoms with E-state index in [2.05, 4.69) is 12.2 Å². The number of nitrogen functional groups attached to an aromatic ring is 1. The van der Waals surface area contributed by atoms with Gasteiger partial charge in [0.15, 0.2) is 0 Å². The molecule has 1 fully saturated rings. The van der Waals surface area contributed by atoms with Crippen molar-refractivity contribution < 1.29 is 9.90 Å². The highest BCUT2D eigenvalue weighted by atomic mass is 16.3. The zero-order chi connectivity index (χ0) is 13.1. The number of nitrogens with two attached hydrogens (primary N) is 1. The average molecular weight is 249 g/mol. The van der Waals surface area contributed by atoms with Gasteiger partial charge < -0.3 is 21.1 Å². The summed E-state index contributed by atoms with van der Waals surface area (Å²) >= 11 is 0. The molecule has 0 radical (unpaired) electrons. The number of aromatic hydroxyl groups is 1. The second-order valence-corrected chi connectivity index (χ2v) is 4.90. The number of urea groups is 1. The van der Waals surface area contributed by atoms with Crippen molar-refractivity contribution in [3.05, 3.63) is 18.2 Å². The van der Waals surface area contributed by atoms with Gasteiger partial charge in [-0.2, -0.15) is 0 Å². The molecule has 5 heteroatoms. The zero-order valence-corrected chi connectivity index (χ0v) is 10.5. The minimum absolute atomic E-state index is 0.0945. The zero-order valence-electron chi connectivity index (χ0n) is 10.5. The molecule has 1 aromatic carbocycles. The molecular formula is C13H19N3O2. The first-order chi connectivity index (χ1) is 8.56. The van der Waals surface area contributed by atoms with E-state index in [-0.39, 0.29) is 11.8 Å². The number of benzene rings is 1. The number of piperidine rings is 1. The van der Waals surface area contributed by atoms with Crippen LogP contribution in [0.4, 0.5) is 16.2 Å². The van der Waals surface area contributed by atoms with Crippen LogP contribution in [0.25, 0.3) is 0 Å². The number of nitrogens with zero attached hydrogens (tertiary/aromatic N) is 1. The Morgan fingerprint density at radius 1 is 1.56 bits per heavy atom. The molecule has 98 valence electrons. The van der Waals surface area contributed by atoms with E-state index >= 15 is 0 Å². The third-order valence-electron chi connectivity index (χ3n) is 3.22. The number of phenolic OH excluding ortho intramolecular Hbond substituents is 1. The number of likely N-dealkylation sites (tertiary alicyclic amines) is 1. The molecule has 1 saturated heterocycles. The van der Waals surface area contributed by atoms with Crippen molar-refractivity contribution in [2.75, 3.05) is 24.1 Å². The maximum atomic E-state index is 12.0. The van der Waals surface area contributed by atoms with Gasteiger partial charge in [-0.1, -0.05) is 6.92 Å². The maximum absolute atomic E-state index is 12.0. The molecule has 0 aliphatic carbocycles. The van der Waals surface area contributed by atoms with Crippen LogP contribution in [0.2, 0.25) is 0 Å². The van der Waals surface area contributed by atoms with Gasteiger partial charge in [0.25, 0.3) is 0 Å². The maximum Gasteiger partial charge on any atom is 0.321 e. The van der Waals surface area contributed by atoms with Crippen molar-refractivity contribution in [1.82, 2.24) is 4.90 Å². The fraction of sp³-hybridized carbons (Fsp3) is 0.462. The van der Waals surface area contributed by atoms with Crippen molar-refractivity contribution in [2.45, 2.75) is 19.8 Å². The van der Waals surface area contributed by atoms with Crippen molar-refractivity contribution in [3.8, 4) is 5.75 Å². The van der Waals surface area contributed by atoms with Gasteiger partial charge in [-0.25, -0.2) is 4.79 Å². The number of hydrogen-bond acceptors (Lipinski definition) is 3. The Morgan fingerprint density at radius 3 is 3.00 bits per heavy atom. The summed E-state index contributed by atoms with van der Waals surface area (Å²) in [5.74, 6) is 0.638. The third kappa shape index (κ3) is 2.85. The Balaban J connectivity index is 2.02. The highest BCUT2D eigenvalue weighted by Crippen LogP contribution is 2.24. The number of carbonyl (C=O) groups excluding carboxylic acids is 1. The molecule has 0 saturated carbocycles. The van der Waals surface area contributed by atoms with Crippen LogP contribution >= 0.6 is 0 Å². The third-order valence-corrected chi connectivity index (χ3v) is 3.22. The van der Waals surface area contributed by atoms with E-state index in [1.165, 1.54) is 18.6 Å². The number of phenols is 1. The van der Waals surface area contributed by atoms with E-state index in [0.717, 1.165) is 19.5 Å². The summed E-state index contributed by atoms with van der Waals surface area (Å²) in [6.45, 7) is 3.71. The van der Waals surface area contributed by atoms with E-state index in [1.54, 1.807) is 11.0 Å². The molecule has 1 aliphatic rings. The predicted octanol–water partition coefficient (Wildman–Crippen LogP) is 2.24. The first-order valence-corrected chi connectivity index (χ1v) is 6.20. The number of amides is 2. The quantitative estimate of drug-likeness (QED) is 0.527. The van der Waals surface area contributed by atoms with Crippen LogP contribution < -0.4 is 11.1 Å². The van der Waals surface area contributed by atoms with Gasteiger partial charge in [0.05, 0.1) is 11.4 Å². The van der Waals surface area contributed by atoms with Gasteiger partial charge in [-0.05, 0) is 30.9 Å². The number of anilines is 2. The first kappa shape index (κ1) is 12.5. The topological polar surface area (TPSA) is 78.6 Å². The molecule has 0 aromatic heterocycles. The Morgan fingerprint density at radius 2 is 2.33 bits per heavy atom. The van der Waals surface area contributed by atoms with Crippen LogP contribution in [0.1, 0.15) is 19.8 Å². The molecule has 1 unspecified atom stereocenters. The average Bonchev–Trinajstić information content (AvgIpc) is 2.32. The summed E-state index contributed by atoms with van der Waals surface area (Å²) in [5, 5.41) is 12.0. The summed E-state index contributed by atoms with van der Waals surface area (Å²) in [5.41, 5.74) is 6.64. The smallest absolute Gasteiger partial charge is 0.321 e. The van der Waals surface area contributed by atoms with Crippen LogP contribution in [0, 0.1) is 5.92 Å². The largest absolute Gasteiger partial charge is 0.508 e. The standard InChI is InChI=1S/C13H19N3O2/c1-9-3-2-6-16(8-9)13(18)15-12-5-4-10(17)7-11(12)14/h4-5,7,9,17H,2-3,6,8,14H2,1H3,(H,15,18). The lowest BCUT2D eigenvalue weighted by Crippen LogP contribution is -2.41. The Bertz CT molecular complexity index is 448. The van der Waals surface area contributed by atoms with E-state index in [0.29, 0.717) is 17.3 Å². The molecular weight excluding hydrogens is 230 g/mol. The summed E-state index contributed by atoms with van der Waals surface area (Å²) in [7, 11) is 0. The number of carbonyl (C=O) groups is 1. The molecule has 4 N–H and O–H groups in total. The molecule has 0 spiro atoms. The lowest BCUT2D eigenvalue weighted by molar-refractivity contribution is 0.182. The van der Waals surface area contributed by atoms with E-state index in [9.17, 15) is 9.90 Å². The summed E-state index contributed by atoms with van der Waals surface area (Å²) in [4.78, 5) is 13.9. The highest BCUT2D eigenvalue weighted by molar-refractivity contribution is 5.92. The molecule has 1 aromatic rings. The highest BCUT2D eigenvalue weighted by Gasteiger charge is 2.21. The number of hydrogen-bond donors (Lipinski definition) is 3. The predicted molar refractivity (Wildman–Crippen MR) is 71.5 cm³/mol. The van der Waals surface area contributed by atoms with Gasteiger partial charge in [0.2, 0.25) is 0 Å². The van der Waals surface area contributed by atoms with Crippen molar-refractivity contribution in [2.24, 2.45) is 5.92 Å². The normalized spacial score (nSPS) is 19.6. The number of nitrogens with one attached hydrogen (secondary N) is 1. The second-order valence-electron chi connectivity index (χ2n) is 4.90. The van der Waals surface area contributed by atoms with Gasteiger partial charge in [0.1, 0.15) is 5.75 Å². The summed E-state index contributed by atoms with van der Waals surface area (Å²) in [6, 6.07) is 4.41. The van der Waals surface area contributed by atoms with Crippen LogP contribution in [0.5, 0.6) is 5.75 Å². The lowest BCUT2D eigenvalue weighted by atomic mass is 10.0. The molecule has 18 heavy (non-hydrogen) atoms. The minimum atomic E-state index is -0.126. The fourth-order valence-corrected chi connectivity index (χ4v) is 2.23. The summed E-state index contributed by atoms with van der Waals surface area (Å²) in [6.07, 6.45) is 2.21. The van der Waals surface area contributed by atoms with Crippen LogP contribution in [-0.4, -0.2) is 29.1 Å². The van der Waals surface area contributed by atoms with E-state index in [4.69, 9.17) is 5.73 Å². The molecule has 1 atom stereocenters. The van der Waals surface area contributed by atoms with Crippen LogP contribution in [0.15, 0.2) is 18.2 Å². The van der Waals surface area contributed by atoms with Gasteiger partial charge in [-0.15, -0.1) is 0 Å². The molecule has 1 heterocycles. The fourth-order valence-electron chi connectivity index (χ4n) is 2.23. The van der Waals surface area contributed by atoms with Crippen molar-refractivity contribution in [1.29, 1.82) is 0 Å². The second kappa shape index (κ2) is 5.16. The van der Waals surface area contributed by atoms with Gasteiger partial charge >= 0.3 is 6.03 Å². The van der Waals surface area contributed by atoms with Crippen LogP contribution in [0.3, 0.4) is 0 Å². The van der Waals surface area contributed by atoms with Crippen molar-refractivity contribution >= 4 is 17.4 Å². The monoisotopic (exact) mass is 249 g/mol. The Kier molecular flexibility index (Phi) is 3.60. The first-order valence-electron chi connectivity index (χ1n) is 6.20. The van der Waals surface area contributed by atoms with Crippen LogP contribution in [-0.2, 0) is 0 Å². The van der Waals surface area contributed by atoms with E-state index in [1.807, 2.05) is 0 Å². The minimum Gasteiger partial charge on any atom is -0.508 e. The van der Waals surface area contributed by atoms with E-state index < -0.39 is 0 Å². The molecule has 2 rings (SSSR count). The number of rotatable bonds is 1. The SMILES string of the molecule is CC1CCCN(C(=O)Nc2ccc(O)cc2N)C1. The molecule has 1 aliphatic heterocycles. The molecule has 5 nitrogen and oxygen atoms in total.